The second kappa shape index (κ2) is 5.73. The third-order valence-electron chi connectivity index (χ3n) is 2.24. The van der Waals surface area contributed by atoms with Gasteiger partial charge in [-0.3, -0.25) is 0 Å². The van der Waals surface area contributed by atoms with E-state index in [2.05, 4.69) is 15.9 Å². The Bertz CT molecular complexity index is 592. The molecule has 0 aliphatic rings. The minimum Gasteiger partial charge on any atom is -0.496 e. The molecular weight excluding hydrogens is 300 g/mol. The van der Waals surface area contributed by atoms with Crippen LogP contribution in [0.1, 0.15) is 5.76 Å². The van der Waals surface area contributed by atoms with Crippen molar-refractivity contribution in [2.24, 2.45) is 0 Å². The maximum absolute atomic E-state index is 11.2. The molecular formula is C13H11BrO4. The van der Waals surface area contributed by atoms with Crippen molar-refractivity contribution in [3.63, 3.8) is 0 Å². The molecule has 0 bridgehead atoms. The zero-order valence-electron chi connectivity index (χ0n) is 9.68. The highest BCUT2D eigenvalue weighted by molar-refractivity contribution is 9.10. The van der Waals surface area contributed by atoms with Gasteiger partial charge in [0.25, 0.3) is 0 Å². The number of para-hydroxylation sites is 1. The lowest BCUT2D eigenvalue weighted by Crippen LogP contribution is -2.04. The van der Waals surface area contributed by atoms with Gasteiger partial charge in [-0.25, -0.2) is 4.79 Å². The van der Waals surface area contributed by atoms with Crippen LogP contribution in [0.2, 0.25) is 0 Å². The van der Waals surface area contributed by atoms with Crippen LogP contribution in [0.15, 0.2) is 50.1 Å². The third kappa shape index (κ3) is 3.13. The van der Waals surface area contributed by atoms with E-state index in [1.807, 2.05) is 24.3 Å². The predicted molar refractivity (Wildman–Crippen MR) is 70.0 cm³/mol. The number of hydrogen-bond acceptors (Lipinski definition) is 4. The van der Waals surface area contributed by atoms with Crippen molar-refractivity contribution in [1.82, 2.24) is 0 Å². The largest absolute Gasteiger partial charge is 0.496 e. The summed E-state index contributed by atoms with van der Waals surface area (Å²) in [5, 5.41) is 0. The quantitative estimate of drug-likeness (QED) is 0.871. The minimum absolute atomic E-state index is 0.162. The first-order valence-corrected chi connectivity index (χ1v) is 6.04. The summed E-state index contributed by atoms with van der Waals surface area (Å²) in [6, 6.07) is 10.4. The van der Waals surface area contributed by atoms with Crippen LogP contribution in [0.3, 0.4) is 0 Å². The smallest absolute Gasteiger partial charge is 0.339 e. The van der Waals surface area contributed by atoms with Crippen molar-refractivity contribution in [3.05, 3.63) is 57.1 Å². The molecule has 5 heteroatoms. The van der Waals surface area contributed by atoms with Crippen LogP contribution < -0.4 is 15.1 Å². The van der Waals surface area contributed by atoms with Crippen molar-refractivity contribution >= 4 is 15.9 Å². The molecule has 0 unspecified atom stereocenters. The van der Waals surface area contributed by atoms with Crippen molar-refractivity contribution in [3.8, 4) is 11.5 Å². The molecule has 94 valence electrons. The van der Waals surface area contributed by atoms with E-state index in [0.717, 1.165) is 4.47 Å². The van der Waals surface area contributed by atoms with Gasteiger partial charge in [-0.2, -0.15) is 0 Å². The summed E-state index contributed by atoms with van der Waals surface area (Å²) in [6.07, 6.45) is 0. The maximum Gasteiger partial charge on any atom is 0.339 e. The first-order valence-electron chi connectivity index (χ1n) is 5.24. The first kappa shape index (κ1) is 12.7. The second-order valence-corrected chi connectivity index (χ2v) is 4.36. The van der Waals surface area contributed by atoms with Crippen LogP contribution in [0.4, 0.5) is 0 Å². The Morgan fingerprint density at radius 1 is 1.28 bits per heavy atom. The lowest BCUT2D eigenvalue weighted by molar-refractivity contribution is 0.258. The minimum atomic E-state index is -0.458. The summed E-state index contributed by atoms with van der Waals surface area (Å²) >= 11 is 3.37. The van der Waals surface area contributed by atoms with Crippen LogP contribution in [-0.4, -0.2) is 7.11 Å². The summed E-state index contributed by atoms with van der Waals surface area (Å²) < 4.78 is 16.4. The lowest BCUT2D eigenvalue weighted by atomic mass is 10.3. The molecule has 1 aromatic carbocycles. The van der Waals surface area contributed by atoms with Crippen LogP contribution in [0.5, 0.6) is 11.5 Å². The second-order valence-electron chi connectivity index (χ2n) is 3.50. The topological polar surface area (TPSA) is 48.7 Å². The van der Waals surface area contributed by atoms with Gasteiger partial charge < -0.3 is 13.9 Å². The molecule has 0 N–H and O–H groups in total. The predicted octanol–water partition coefficient (Wildman–Crippen LogP) is 2.99. The lowest BCUT2D eigenvalue weighted by Gasteiger charge is -2.07. The molecule has 0 spiro atoms. The molecule has 1 aromatic heterocycles. The van der Waals surface area contributed by atoms with Gasteiger partial charge in [0.1, 0.15) is 23.9 Å². The Morgan fingerprint density at radius 2 is 2.06 bits per heavy atom. The summed E-state index contributed by atoms with van der Waals surface area (Å²) in [6.45, 7) is 0.162. The van der Waals surface area contributed by atoms with Crippen LogP contribution in [0.25, 0.3) is 0 Å². The van der Waals surface area contributed by atoms with E-state index in [1.165, 1.54) is 13.2 Å². The van der Waals surface area contributed by atoms with E-state index in [4.69, 9.17) is 13.9 Å². The summed E-state index contributed by atoms with van der Waals surface area (Å²) in [5.41, 5.74) is -0.458. The van der Waals surface area contributed by atoms with E-state index >= 15 is 0 Å². The zero-order chi connectivity index (χ0) is 13.0. The molecule has 4 nitrogen and oxygen atoms in total. The standard InChI is InChI=1S/C13H11BrO4/c1-16-9-6-10(18-13(15)7-9)8-17-12-5-3-2-4-11(12)14/h2-7H,8H2,1H3. The van der Waals surface area contributed by atoms with Gasteiger partial charge in [-0.05, 0) is 28.1 Å². The van der Waals surface area contributed by atoms with Gasteiger partial charge in [0.05, 0.1) is 17.6 Å². The fourth-order valence-electron chi connectivity index (χ4n) is 1.40. The zero-order valence-corrected chi connectivity index (χ0v) is 11.3. The molecule has 0 aliphatic carbocycles. The Balaban J connectivity index is 2.13. The molecule has 0 saturated carbocycles. The SMILES string of the molecule is COc1cc(COc2ccccc2Br)oc(=O)c1. The van der Waals surface area contributed by atoms with E-state index in [9.17, 15) is 4.79 Å². The van der Waals surface area contributed by atoms with E-state index in [1.54, 1.807) is 6.07 Å². The molecule has 0 atom stereocenters. The maximum atomic E-state index is 11.2. The Morgan fingerprint density at radius 3 is 2.78 bits per heavy atom. The van der Waals surface area contributed by atoms with Crippen LogP contribution >= 0.6 is 15.9 Å². The highest BCUT2D eigenvalue weighted by Crippen LogP contribution is 2.24. The van der Waals surface area contributed by atoms with Gasteiger partial charge >= 0.3 is 5.63 Å². The summed E-state index contributed by atoms with van der Waals surface area (Å²) in [4.78, 5) is 11.2. The van der Waals surface area contributed by atoms with E-state index < -0.39 is 5.63 Å². The van der Waals surface area contributed by atoms with Crippen molar-refractivity contribution in [1.29, 1.82) is 0 Å². The van der Waals surface area contributed by atoms with Gasteiger partial charge in [0.2, 0.25) is 0 Å². The number of halogens is 1. The molecule has 0 amide bonds. The number of rotatable bonds is 4. The van der Waals surface area contributed by atoms with Crippen LogP contribution in [-0.2, 0) is 6.61 Å². The highest BCUT2D eigenvalue weighted by Gasteiger charge is 2.05. The monoisotopic (exact) mass is 310 g/mol. The molecule has 0 aliphatic heterocycles. The van der Waals surface area contributed by atoms with Crippen LogP contribution in [0, 0.1) is 0 Å². The molecule has 1 heterocycles. The molecule has 2 aromatic rings. The van der Waals surface area contributed by atoms with Crippen molar-refractivity contribution in [2.45, 2.75) is 6.61 Å². The van der Waals surface area contributed by atoms with Gasteiger partial charge in [0, 0.05) is 6.07 Å². The molecule has 18 heavy (non-hydrogen) atoms. The molecule has 0 radical (unpaired) electrons. The van der Waals surface area contributed by atoms with Crippen molar-refractivity contribution in [2.75, 3.05) is 7.11 Å². The number of benzene rings is 1. The summed E-state index contributed by atoms with van der Waals surface area (Å²) in [7, 11) is 1.49. The third-order valence-corrected chi connectivity index (χ3v) is 2.89. The fourth-order valence-corrected chi connectivity index (χ4v) is 1.80. The normalized spacial score (nSPS) is 10.1. The molecule has 0 saturated heterocycles. The van der Waals surface area contributed by atoms with E-state index in [-0.39, 0.29) is 6.61 Å². The Labute approximate surface area is 112 Å². The Kier molecular flexibility index (Phi) is 4.04. The molecule has 2 rings (SSSR count). The van der Waals surface area contributed by atoms with Gasteiger partial charge in [0.15, 0.2) is 0 Å². The fraction of sp³-hybridized carbons (Fsp3) is 0.154. The average Bonchev–Trinajstić information content (AvgIpc) is 2.37. The first-order chi connectivity index (χ1) is 8.69. The number of hydrogen-bond donors (Lipinski definition) is 0. The van der Waals surface area contributed by atoms with Gasteiger partial charge in [-0.1, -0.05) is 12.1 Å². The van der Waals surface area contributed by atoms with Crippen molar-refractivity contribution < 1.29 is 13.9 Å². The average molecular weight is 311 g/mol. The molecule has 0 fully saturated rings. The highest BCUT2D eigenvalue weighted by atomic mass is 79.9. The Hall–Kier alpha value is -1.75. The van der Waals surface area contributed by atoms with Gasteiger partial charge in [-0.15, -0.1) is 0 Å². The number of methoxy groups -OCH3 is 1. The van der Waals surface area contributed by atoms with E-state index in [0.29, 0.717) is 17.3 Å². The summed E-state index contributed by atoms with van der Waals surface area (Å²) in [5.74, 6) is 1.55. The number of ether oxygens (including phenoxy) is 2.